The molecule has 2 rings (SSSR count). The van der Waals surface area contributed by atoms with Gasteiger partial charge in [-0.1, -0.05) is 17.7 Å². The first-order valence-electron chi connectivity index (χ1n) is 6.43. The van der Waals surface area contributed by atoms with Crippen molar-refractivity contribution in [2.24, 2.45) is 0 Å². The van der Waals surface area contributed by atoms with Gasteiger partial charge in [0.25, 0.3) is 5.91 Å². The lowest BCUT2D eigenvalue weighted by Crippen LogP contribution is -2.42. The molecular weight excluding hydrogens is 362 g/mol. The Morgan fingerprint density at radius 2 is 2.17 bits per heavy atom. The molecule has 1 aromatic rings. The van der Waals surface area contributed by atoms with Gasteiger partial charge in [-0.15, -0.1) is 16.2 Å². The molecule has 1 aromatic heterocycles. The van der Waals surface area contributed by atoms with Gasteiger partial charge in [-0.25, -0.2) is 8.42 Å². The molecule has 0 spiro atoms. The highest BCUT2D eigenvalue weighted by Gasteiger charge is 2.20. The zero-order valence-corrected chi connectivity index (χ0v) is 14.5. The van der Waals surface area contributed by atoms with Crippen LogP contribution in [0.1, 0.15) is 16.1 Å². The van der Waals surface area contributed by atoms with Crippen LogP contribution in [-0.2, 0) is 14.8 Å². The number of carbonyl (C=O) groups excluding carboxylic acids is 2. The van der Waals surface area contributed by atoms with Crippen molar-refractivity contribution in [2.45, 2.75) is 6.42 Å². The van der Waals surface area contributed by atoms with E-state index in [4.69, 9.17) is 11.6 Å². The molecule has 0 bridgehead atoms. The second kappa shape index (κ2) is 7.26. The van der Waals surface area contributed by atoms with E-state index in [1.807, 2.05) is 4.83 Å². The predicted octanol–water partition coefficient (Wildman–Crippen LogP) is 1.18. The molecule has 1 aliphatic heterocycles. The van der Waals surface area contributed by atoms with Gasteiger partial charge in [-0.05, 0) is 17.5 Å². The van der Waals surface area contributed by atoms with Gasteiger partial charge in [0, 0.05) is 18.2 Å². The third-order valence-corrected chi connectivity index (χ3v) is 4.58. The number of hydrogen-bond donors (Lipinski definition) is 2. The zero-order chi connectivity index (χ0) is 17.0. The minimum Gasteiger partial charge on any atom is -0.331 e. The highest BCUT2D eigenvalue weighted by Crippen LogP contribution is 2.22. The zero-order valence-electron chi connectivity index (χ0n) is 12.1. The van der Waals surface area contributed by atoms with Crippen molar-refractivity contribution in [1.82, 2.24) is 15.2 Å². The Hall–Kier alpha value is -1.68. The summed E-state index contributed by atoms with van der Waals surface area (Å²) < 4.78 is 22.0. The minimum atomic E-state index is -3.55. The first-order chi connectivity index (χ1) is 10.8. The Morgan fingerprint density at radius 3 is 2.78 bits per heavy atom. The SMILES string of the molecule is CS(=O)(=O)NNC(=O)C1=CN(CC(=O)c2cccs2)C(Cl)=CC1. The van der Waals surface area contributed by atoms with Crippen LogP contribution in [0.2, 0.25) is 0 Å². The third kappa shape index (κ3) is 5.17. The van der Waals surface area contributed by atoms with Gasteiger partial charge in [0.05, 0.1) is 17.7 Å². The van der Waals surface area contributed by atoms with Crippen LogP contribution in [0.25, 0.3) is 0 Å². The maximum Gasteiger partial charge on any atom is 0.263 e. The molecule has 124 valence electrons. The van der Waals surface area contributed by atoms with Crippen molar-refractivity contribution in [3.05, 3.63) is 45.4 Å². The van der Waals surface area contributed by atoms with Crippen molar-refractivity contribution in [2.75, 3.05) is 12.8 Å². The van der Waals surface area contributed by atoms with Crippen LogP contribution in [0, 0.1) is 0 Å². The fourth-order valence-electron chi connectivity index (χ4n) is 1.78. The lowest BCUT2D eigenvalue weighted by Gasteiger charge is -2.23. The van der Waals surface area contributed by atoms with E-state index in [9.17, 15) is 18.0 Å². The van der Waals surface area contributed by atoms with Gasteiger partial charge in [0.2, 0.25) is 10.0 Å². The second-order valence-electron chi connectivity index (χ2n) is 4.74. The molecular formula is C13H14ClN3O4S2. The number of carbonyl (C=O) groups is 2. The smallest absolute Gasteiger partial charge is 0.263 e. The van der Waals surface area contributed by atoms with Gasteiger partial charge in [-0.3, -0.25) is 15.0 Å². The Morgan fingerprint density at radius 1 is 1.43 bits per heavy atom. The van der Waals surface area contributed by atoms with Crippen LogP contribution in [0.15, 0.2) is 40.5 Å². The highest BCUT2D eigenvalue weighted by molar-refractivity contribution is 7.88. The molecule has 0 unspecified atom stereocenters. The van der Waals surface area contributed by atoms with Gasteiger partial charge >= 0.3 is 0 Å². The number of hydrogen-bond acceptors (Lipinski definition) is 6. The summed E-state index contributed by atoms with van der Waals surface area (Å²) in [6.45, 7) is -0.00781. The van der Waals surface area contributed by atoms with E-state index < -0.39 is 15.9 Å². The maximum absolute atomic E-state index is 12.1. The van der Waals surface area contributed by atoms with Crippen molar-refractivity contribution in [1.29, 1.82) is 0 Å². The number of allylic oxidation sites excluding steroid dienone is 1. The summed E-state index contributed by atoms with van der Waals surface area (Å²) in [5.74, 6) is -0.733. The van der Waals surface area contributed by atoms with Gasteiger partial charge in [0.15, 0.2) is 5.78 Å². The summed E-state index contributed by atoms with van der Waals surface area (Å²) in [5, 5.41) is 2.13. The number of nitrogens with one attached hydrogen (secondary N) is 2. The Kier molecular flexibility index (Phi) is 5.58. The van der Waals surface area contributed by atoms with Gasteiger partial charge < -0.3 is 4.90 Å². The molecule has 0 saturated heterocycles. The molecule has 2 heterocycles. The number of thiophene rings is 1. The Labute approximate surface area is 142 Å². The van der Waals surface area contributed by atoms with E-state index >= 15 is 0 Å². The van der Waals surface area contributed by atoms with Gasteiger partial charge in [0.1, 0.15) is 5.16 Å². The van der Waals surface area contributed by atoms with Crippen molar-refractivity contribution in [3.8, 4) is 0 Å². The predicted molar refractivity (Wildman–Crippen MR) is 88.1 cm³/mol. The summed E-state index contributed by atoms with van der Waals surface area (Å²) in [6, 6.07) is 3.49. The Balaban J connectivity index is 2.05. The van der Waals surface area contributed by atoms with Crippen molar-refractivity contribution in [3.63, 3.8) is 0 Å². The summed E-state index contributed by atoms with van der Waals surface area (Å²) >= 11 is 7.38. The molecule has 23 heavy (non-hydrogen) atoms. The number of halogens is 1. The summed E-state index contributed by atoms with van der Waals surface area (Å²) in [6.07, 6.45) is 4.18. The first kappa shape index (κ1) is 17.7. The average molecular weight is 376 g/mol. The molecule has 10 heteroatoms. The average Bonchev–Trinajstić information content (AvgIpc) is 3.00. The molecule has 0 atom stereocenters. The maximum atomic E-state index is 12.1. The van der Waals surface area contributed by atoms with E-state index in [1.54, 1.807) is 23.6 Å². The lowest BCUT2D eigenvalue weighted by atomic mass is 10.1. The molecule has 1 aliphatic rings. The molecule has 0 aromatic carbocycles. The normalized spacial score (nSPS) is 15.0. The molecule has 0 saturated carbocycles. The van der Waals surface area contributed by atoms with Crippen LogP contribution in [0.3, 0.4) is 0 Å². The quantitative estimate of drug-likeness (QED) is 0.442. The largest absolute Gasteiger partial charge is 0.331 e. The number of nitrogens with zero attached hydrogens (tertiary/aromatic N) is 1. The van der Waals surface area contributed by atoms with Crippen LogP contribution >= 0.6 is 22.9 Å². The number of Topliss-reactive ketones (excluding diaryl/α,β-unsaturated/α-hetero) is 1. The number of rotatable bonds is 6. The summed E-state index contributed by atoms with van der Waals surface area (Å²) in [4.78, 5) is 28.0. The number of ketones is 1. The monoisotopic (exact) mass is 375 g/mol. The third-order valence-electron chi connectivity index (χ3n) is 2.83. The molecule has 0 radical (unpaired) electrons. The second-order valence-corrected chi connectivity index (χ2v) is 7.83. The minimum absolute atomic E-state index is 0.00781. The van der Waals surface area contributed by atoms with E-state index in [1.165, 1.54) is 22.4 Å². The lowest BCUT2D eigenvalue weighted by molar-refractivity contribution is -0.118. The first-order valence-corrected chi connectivity index (χ1v) is 9.58. The fraction of sp³-hybridized carbons (Fsp3) is 0.231. The van der Waals surface area contributed by atoms with E-state index in [-0.39, 0.29) is 24.3 Å². The fourth-order valence-corrected chi connectivity index (χ4v) is 2.90. The summed E-state index contributed by atoms with van der Waals surface area (Å²) in [7, 11) is -3.55. The van der Waals surface area contributed by atoms with E-state index in [0.717, 1.165) is 6.26 Å². The van der Waals surface area contributed by atoms with Crippen LogP contribution in [0.5, 0.6) is 0 Å². The van der Waals surface area contributed by atoms with Crippen LogP contribution in [-0.4, -0.2) is 37.8 Å². The van der Waals surface area contributed by atoms with E-state index in [0.29, 0.717) is 10.0 Å². The van der Waals surface area contributed by atoms with Crippen LogP contribution in [0.4, 0.5) is 0 Å². The van der Waals surface area contributed by atoms with Crippen molar-refractivity contribution >= 4 is 44.7 Å². The van der Waals surface area contributed by atoms with Crippen LogP contribution < -0.4 is 10.3 Å². The number of hydrazine groups is 1. The highest BCUT2D eigenvalue weighted by atomic mass is 35.5. The topological polar surface area (TPSA) is 95.6 Å². The van der Waals surface area contributed by atoms with Crippen molar-refractivity contribution < 1.29 is 18.0 Å². The molecule has 1 amide bonds. The molecule has 2 N–H and O–H groups in total. The Bertz CT molecular complexity index is 769. The van der Waals surface area contributed by atoms with Gasteiger partial charge in [-0.2, -0.15) is 0 Å². The molecule has 0 aliphatic carbocycles. The number of sulfonamides is 1. The molecule has 7 nitrogen and oxygen atoms in total. The standard InChI is InChI=1S/C13H14ClN3O4S2/c1-23(20,21)16-15-13(19)9-4-5-12(14)17(7-9)8-10(18)11-3-2-6-22-11/h2-3,5-7,16H,4,8H2,1H3,(H,15,19). The molecule has 0 fully saturated rings. The number of amides is 1. The van der Waals surface area contributed by atoms with E-state index in [2.05, 4.69) is 5.43 Å². The summed E-state index contributed by atoms with van der Waals surface area (Å²) in [5.41, 5.74) is 2.36.